The Kier molecular flexibility index (Phi) is 6.02. The minimum absolute atomic E-state index is 0.0764. The van der Waals surface area contributed by atoms with Crippen molar-refractivity contribution in [2.75, 3.05) is 34.4 Å². The van der Waals surface area contributed by atoms with Crippen molar-refractivity contribution in [1.82, 2.24) is 4.90 Å². The molecule has 5 nitrogen and oxygen atoms in total. The van der Waals surface area contributed by atoms with E-state index in [4.69, 9.17) is 4.74 Å². The zero-order chi connectivity index (χ0) is 14.3. The molecule has 0 saturated carbocycles. The van der Waals surface area contributed by atoms with Crippen LogP contribution in [0.3, 0.4) is 0 Å². The molecule has 0 saturated heterocycles. The molecular weight excluding hydrogens is 246 g/mol. The summed E-state index contributed by atoms with van der Waals surface area (Å²) in [6.45, 7) is 1.25. The SMILES string of the molecule is COCCCN(C)C(=O)c1ccc(C(=O)OC)cc1. The first-order valence-electron chi connectivity index (χ1n) is 6.03. The lowest BCUT2D eigenvalue weighted by molar-refractivity contribution is 0.0600. The Bertz CT molecular complexity index is 428. The average molecular weight is 265 g/mol. The van der Waals surface area contributed by atoms with Crippen LogP contribution in [0.4, 0.5) is 0 Å². The number of carbonyl (C=O) groups excluding carboxylic acids is 2. The zero-order valence-corrected chi connectivity index (χ0v) is 11.5. The van der Waals surface area contributed by atoms with E-state index in [0.29, 0.717) is 24.3 Å². The highest BCUT2D eigenvalue weighted by Gasteiger charge is 2.12. The summed E-state index contributed by atoms with van der Waals surface area (Å²) in [5.74, 6) is -0.486. The first-order chi connectivity index (χ1) is 9.10. The summed E-state index contributed by atoms with van der Waals surface area (Å²) >= 11 is 0. The molecule has 0 N–H and O–H groups in total. The second-order valence-corrected chi connectivity index (χ2v) is 4.14. The fourth-order valence-electron chi connectivity index (χ4n) is 1.63. The fraction of sp³-hybridized carbons (Fsp3) is 0.429. The minimum atomic E-state index is -0.410. The lowest BCUT2D eigenvalue weighted by Crippen LogP contribution is -2.28. The Morgan fingerprint density at radius 2 is 1.68 bits per heavy atom. The van der Waals surface area contributed by atoms with Crippen molar-refractivity contribution in [2.24, 2.45) is 0 Å². The van der Waals surface area contributed by atoms with E-state index in [9.17, 15) is 9.59 Å². The molecule has 19 heavy (non-hydrogen) atoms. The van der Waals surface area contributed by atoms with Crippen molar-refractivity contribution in [2.45, 2.75) is 6.42 Å². The quantitative estimate of drug-likeness (QED) is 0.579. The monoisotopic (exact) mass is 265 g/mol. The van der Waals surface area contributed by atoms with Crippen LogP contribution in [-0.2, 0) is 9.47 Å². The third kappa shape index (κ3) is 4.37. The molecule has 0 unspecified atom stereocenters. The summed E-state index contributed by atoms with van der Waals surface area (Å²) < 4.78 is 9.54. The van der Waals surface area contributed by atoms with E-state index >= 15 is 0 Å². The number of methoxy groups -OCH3 is 2. The van der Waals surface area contributed by atoms with Crippen molar-refractivity contribution < 1.29 is 19.1 Å². The molecule has 1 rings (SSSR count). The summed E-state index contributed by atoms with van der Waals surface area (Å²) in [5, 5.41) is 0. The highest BCUT2D eigenvalue weighted by molar-refractivity contribution is 5.96. The number of hydrogen-bond acceptors (Lipinski definition) is 4. The fourth-order valence-corrected chi connectivity index (χ4v) is 1.63. The number of amides is 1. The van der Waals surface area contributed by atoms with Gasteiger partial charge in [-0.05, 0) is 30.7 Å². The van der Waals surface area contributed by atoms with E-state index in [1.807, 2.05) is 0 Å². The summed E-state index contributed by atoms with van der Waals surface area (Å²) in [5.41, 5.74) is 0.980. The highest BCUT2D eigenvalue weighted by Crippen LogP contribution is 2.08. The van der Waals surface area contributed by atoms with Crippen LogP contribution in [0.1, 0.15) is 27.1 Å². The minimum Gasteiger partial charge on any atom is -0.465 e. The number of hydrogen-bond donors (Lipinski definition) is 0. The van der Waals surface area contributed by atoms with Crippen LogP contribution >= 0.6 is 0 Å². The second-order valence-electron chi connectivity index (χ2n) is 4.14. The summed E-state index contributed by atoms with van der Waals surface area (Å²) in [6, 6.07) is 6.42. The van der Waals surface area contributed by atoms with Crippen LogP contribution in [0.15, 0.2) is 24.3 Å². The normalized spacial score (nSPS) is 10.1. The maximum atomic E-state index is 12.1. The van der Waals surface area contributed by atoms with E-state index in [2.05, 4.69) is 4.74 Å². The molecule has 0 aliphatic heterocycles. The first kappa shape index (κ1) is 15.2. The first-order valence-corrected chi connectivity index (χ1v) is 6.03. The van der Waals surface area contributed by atoms with Gasteiger partial charge >= 0.3 is 5.97 Å². The van der Waals surface area contributed by atoms with Crippen LogP contribution < -0.4 is 0 Å². The van der Waals surface area contributed by atoms with Crippen molar-refractivity contribution in [3.05, 3.63) is 35.4 Å². The van der Waals surface area contributed by atoms with Gasteiger partial charge in [-0.2, -0.15) is 0 Å². The highest BCUT2D eigenvalue weighted by atomic mass is 16.5. The topological polar surface area (TPSA) is 55.8 Å². The van der Waals surface area contributed by atoms with Gasteiger partial charge in [0.05, 0.1) is 12.7 Å². The van der Waals surface area contributed by atoms with Crippen molar-refractivity contribution in [3.8, 4) is 0 Å². The third-order valence-corrected chi connectivity index (χ3v) is 2.74. The largest absolute Gasteiger partial charge is 0.465 e. The molecular formula is C14H19NO4. The number of benzene rings is 1. The van der Waals surface area contributed by atoms with Gasteiger partial charge in [-0.25, -0.2) is 4.79 Å². The maximum absolute atomic E-state index is 12.1. The molecule has 0 bridgehead atoms. The maximum Gasteiger partial charge on any atom is 0.337 e. The van der Waals surface area contributed by atoms with E-state index in [1.54, 1.807) is 43.3 Å². The van der Waals surface area contributed by atoms with Crippen molar-refractivity contribution in [3.63, 3.8) is 0 Å². The molecule has 0 aliphatic rings. The lowest BCUT2D eigenvalue weighted by atomic mass is 10.1. The van der Waals surface area contributed by atoms with Crippen LogP contribution in [0.2, 0.25) is 0 Å². The van der Waals surface area contributed by atoms with Gasteiger partial charge in [0.15, 0.2) is 0 Å². The van der Waals surface area contributed by atoms with Gasteiger partial charge in [0.25, 0.3) is 5.91 Å². The van der Waals surface area contributed by atoms with E-state index in [1.165, 1.54) is 7.11 Å². The van der Waals surface area contributed by atoms with Gasteiger partial charge in [0.1, 0.15) is 0 Å². The van der Waals surface area contributed by atoms with Gasteiger partial charge < -0.3 is 14.4 Å². The van der Waals surface area contributed by atoms with Crippen LogP contribution in [0.25, 0.3) is 0 Å². The summed E-state index contributed by atoms with van der Waals surface area (Å²) in [7, 11) is 4.70. The molecule has 5 heteroatoms. The predicted molar refractivity (Wildman–Crippen MR) is 71.2 cm³/mol. The zero-order valence-electron chi connectivity index (χ0n) is 11.5. The Labute approximate surface area is 113 Å². The molecule has 1 amide bonds. The number of carbonyl (C=O) groups is 2. The van der Waals surface area contributed by atoms with E-state index < -0.39 is 5.97 Å². The van der Waals surface area contributed by atoms with Gasteiger partial charge in [0.2, 0.25) is 0 Å². The standard InChI is InChI=1S/C14H19NO4/c1-15(9-4-10-18-2)13(16)11-5-7-12(8-6-11)14(17)19-3/h5-8H,4,9-10H2,1-3H3. The number of nitrogens with zero attached hydrogens (tertiary/aromatic N) is 1. The summed E-state index contributed by atoms with van der Waals surface area (Å²) in [6.07, 6.45) is 0.791. The van der Waals surface area contributed by atoms with E-state index in [0.717, 1.165) is 6.42 Å². The van der Waals surface area contributed by atoms with Gasteiger partial charge in [-0.15, -0.1) is 0 Å². The average Bonchev–Trinajstić information content (AvgIpc) is 2.46. The molecule has 0 aliphatic carbocycles. The van der Waals surface area contributed by atoms with Gasteiger partial charge in [-0.3, -0.25) is 4.79 Å². The Morgan fingerprint density at radius 1 is 1.11 bits per heavy atom. The van der Waals surface area contributed by atoms with Crippen LogP contribution in [0.5, 0.6) is 0 Å². The summed E-state index contributed by atoms with van der Waals surface area (Å²) in [4.78, 5) is 25.0. The smallest absolute Gasteiger partial charge is 0.337 e. The Hall–Kier alpha value is -1.88. The van der Waals surface area contributed by atoms with Crippen molar-refractivity contribution in [1.29, 1.82) is 0 Å². The molecule has 0 aromatic heterocycles. The Balaban J connectivity index is 2.64. The molecule has 0 radical (unpaired) electrons. The molecule has 0 heterocycles. The Morgan fingerprint density at radius 3 is 2.21 bits per heavy atom. The number of ether oxygens (including phenoxy) is 2. The van der Waals surface area contributed by atoms with E-state index in [-0.39, 0.29) is 5.91 Å². The van der Waals surface area contributed by atoms with Gasteiger partial charge in [0, 0.05) is 32.9 Å². The predicted octanol–water partition coefficient (Wildman–Crippen LogP) is 1.58. The van der Waals surface area contributed by atoms with Crippen LogP contribution in [0, 0.1) is 0 Å². The molecule has 0 atom stereocenters. The van der Waals surface area contributed by atoms with Gasteiger partial charge in [-0.1, -0.05) is 0 Å². The molecule has 1 aromatic carbocycles. The molecule has 104 valence electrons. The molecule has 0 fully saturated rings. The lowest BCUT2D eigenvalue weighted by Gasteiger charge is -2.17. The van der Waals surface area contributed by atoms with Crippen molar-refractivity contribution >= 4 is 11.9 Å². The van der Waals surface area contributed by atoms with Crippen LogP contribution in [-0.4, -0.2) is 51.2 Å². The third-order valence-electron chi connectivity index (χ3n) is 2.74. The molecule has 0 spiro atoms. The molecule has 1 aromatic rings. The number of rotatable bonds is 6. The second kappa shape index (κ2) is 7.53. The number of esters is 1.